The molecule has 1 fully saturated rings. The summed E-state index contributed by atoms with van der Waals surface area (Å²) in [5.74, 6) is -1.30. The molecule has 9 nitrogen and oxygen atoms in total. The number of carbonyl (C=O) groups is 3. The van der Waals surface area contributed by atoms with Gasteiger partial charge in [-0.05, 0) is 12.1 Å². The molecule has 148 valence electrons. The van der Waals surface area contributed by atoms with Gasteiger partial charge in [0.1, 0.15) is 0 Å². The second-order valence-corrected chi connectivity index (χ2v) is 7.87. The maximum atomic E-state index is 12.6. The Morgan fingerprint density at radius 2 is 1.67 bits per heavy atom. The van der Waals surface area contributed by atoms with Crippen molar-refractivity contribution in [3.05, 3.63) is 30.3 Å². The third-order valence-electron chi connectivity index (χ3n) is 4.16. The normalized spacial score (nSPS) is 15.2. The van der Waals surface area contributed by atoms with Gasteiger partial charge in [0.2, 0.25) is 15.9 Å². The number of amides is 2. The van der Waals surface area contributed by atoms with Crippen molar-refractivity contribution in [3.63, 3.8) is 0 Å². The number of benzene rings is 1. The van der Waals surface area contributed by atoms with Crippen molar-refractivity contribution in [1.82, 2.24) is 14.5 Å². The van der Waals surface area contributed by atoms with Gasteiger partial charge >= 0.3 is 5.97 Å². The van der Waals surface area contributed by atoms with E-state index in [0.717, 1.165) is 0 Å². The highest BCUT2D eigenvalue weighted by atomic mass is 32.2. The van der Waals surface area contributed by atoms with Crippen molar-refractivity contribution in [2.45, 2.75) is 17.7 Å². The van der Waals surface area contributed by atoms with E-state index in [4.69, 9.17) is 4.74 Å². The number of piperazine rings is 1. The Bertz CT molecular complexity index is 773. The number of nitrogens with zero attached hydrogens (tertiary/aromatic N) is 2. The summed E-state index contributed by atoms with van der Waals surface area (Å²) in [5.41, 5.74) is 0. The molecule has 0 unspecified atom stereocenters. The van der Waals surface area contributed by atoms with Crippen LogP contribution in [-0.2, 0) is 29.1 Å². The fourth-order valence-electron chi connectivity index (χ4n) is 2.58. The molecule has 2 rings (SSSR count). The van der Waals surface area contributed by atoms with Gasteiger partial charge in [-0.2, -0.15) is 4.31 Å². The van der Waals surface area contributed by atoms with Crippen LogP contribution in [0.5, 0.6) is 0 Å². The zero-order valence-electron chi connectivity index (χ0n) is 15.1. The molecule has 0 atom stereocenters. The standard InChI is InChI=1S/C17H23N3O6S/c1-18-15(21)13-26-17(23)8-7-16(22)19-9-11-20(12-10-19)27(24,25)14-5-3-2-4-6-14/h2-6H,7-13H2,1H3,(H,18,21). The van der Waals surface area contributed by atoms with Crippen LogP contribution in [0.3, 0.4) is 0 Å². The van der Waals surface area contributed by atoms with Crippen LogP contribution >= 0.6 is 0 Å². The SMILES string of the molecule is CNC(=O)COC(=O)CCC(=O)N1CCN(S(=O)(=O)c2ccccc2)CC1. The number of rotatable bonds is 7. The Morgan fingerprint density at radius 3 is 2.26 bits per heavy atom. The first-order valence-electron chi connectivity index (χ1n) is 8.54. The molecule has 0 bridgehead atoms. The largest absolute Gasteiger partial charge is 0.456 e. The van der Waals surface area contributed by atoms with Gasteiger partial charge in [0.25, 0.3) is 5.91 Å². The first-order chi connectivity index (χ1) is 12.8. The molecule has 1 heterocycles. The maximum Gasteiger partial charge on any atom is 0.306 e. The van der Waals surface area contributed by atoms with E-state index in [1.54, 1.807) is 18.2 Å². The molecule has 1 aliphatic rings. The lowest BCUT2D eigenvalue weighted by molar-refractivity contribution is -0.150. The predicted molar refractivity (Wildman–Crippen MR) is 96.0 cm³/mol. The smallest absolute Gasteiger partial charge is 0.306 e. The fraction of sp³-hybridized carbons (Fsp3) is 0.471. The summed E-state index contributed by atoms with van der Waals surface area (Å²) in [7, 11) is -2.14. The minimum atomic E-state index is -3.57. The van der Waals surface area contributed by atoms with Crippen molar-refractivity contribution in [2.24, 2.45) is 0 Å². The van der Waals surface area contributed by atoms with E-state index in [-0.39, 0.29) is 56.4 Å². The number of ether oxygens (including phenoxy) is 1. The number of nitrogens with one attached hydrogen (secondary N) is 1. The summed E-state index contributed by atoms with van der Waals surface area (Å²) < 4.78 is 31.2. The molecule has 0 spiro atoms. The number of hydrogen-bond acceptors (Lipinski definition) is 6. The average molecular weight is 397 g/mol. The highest BCUT2D eigenvalue weighted by molar-refractivity contribution is 7.89. The highest BCUT2D eigenvalue weighted by Gasteiger charge is 2.30. The summed E-state index contributed by atoms with van der Waals surface area (Å²) in [6.07, 6.45) is -0.170. The third kappa shape index (κ3) is 5.76. The van der Waals surface area contributed by atoms with E-state index in [1.165, 1.54) is 28.4 Å². The molecule has 1 saturated heterocycles. The summed E-state index contributed by atoms with van der Waals surface area (Å²) >= 11 is 0. The highest BCUT2D eigenvalue weighted by Crippen LogP contribution is 2.17. The van der Waals surface area contributed by atoms with Crippen molar-refractivity contribution >= 4 is 27.8 Å². The summed E-state index contributed by atoms with van der Waals surface area (Å²) in [6, 6.07) is 8.15. The van der Waals surface area contributed by atoms with Gasteiger partial charge in [0, 0.05) is 39.6 Å². The number of likely N-dealkylation sites (N-methyl/N-ethyl adjacent to an activating group) is 1. The zero-order chi connectivity index (χ0) is 19.9. The predicted octanol–water partition coefficient (Wildman–Crippen LogP) is -0.411. The molecule has 0 aromatic heterocycles. The number of sulfonamides is 1. The number of esters is 1. The molecular weight excluding hydrogens is 374 g/mol. The van der Waals surface area contributed by atoms with Crippen LogP contribution in [0.4, 0.5) is 0 Å². The molecule has 0 aliphatic carbocycles. The second-order valence-electron chi connectivity index (χ2n) is 5.93. The van der Waals surface area contributed by atoms with E-state index in [2.05, 4.69) is 5.32 Å². The molecule has 0 radical (unpaired) electrons. The van der Waals surface area contributed by atoms with E-state index in [9.17, 15) is 22.8 Å². The zero-order valence-corrected chi connectivity index (χ0v) is 15.9. The molecule has 10 heteroatoms. The van der Waals surface area contributed by atoms with Crippen LogP contribution in [0.2, 0.25) is 0 Å². The summed E-state index contributed by atoms with van der Waals surface area (Å²) in [6.45, 7) is 0.546. The molecule has 2 amide bonds. The topological polar surface area (TPSA) is 113 Å². The molecule has 1 aromatic carbocycles. The molecule has 27 heavy (non-hydrogen) atoms. The van der Waals surface area contributed by atoms with Gasteiger partial charge in [-0.1, -0.05) is 18.2 Å². The van der Waals surface area contributed by atoms with Gasteiger partial charge in [0.05, 0.1) is 11.3 Å². The Labute approximate surface area is 158 Å². The van der Waals surface area contributed by atoms with E-state index >= 15 is 0 Å². The van der Waals surface area contributed by atoms with Gasteiger partial charge in [0.15, 0.2) is 6.61 Å². The summed E-state index contributed by atoms with van der Waals surface area (Å²) in [5, 5.41) is 2.32. The Balaban J connectivity index is 1.79. The van der Waals surface area contributed by atoms with Crippen molar-refractivity contribution in [2.75, 3.05) is 39.8 Å². The first-order valence-corrected chi connectivity index (χ1v) is 9.98. The van der Waals surface area contributed by atoms with Crippen LogP contribution < -0.4 is 5.32 Å². The molecule has 1 N–H and O–H groups in total. The quantitative estimate of drug-likeness (QED) is 0.626. The molecule has 0 saturated carbocycles. The van der Waals surface area contributed by atoms with Gasteiger partial charge in [-0.25, -0.2) is 8.42 Å². The monoisotopic (exact) mass is 397 g/mol. The molecule has 1 aliphatic heterocycles. The van der Waals surface area contributed by atoms with Gasteiger partial charge < -0.3 is 15.0 Å². The average Bonchev–Trinajstić information content (AvgIpc) is 2.70. The molecule has 1 aromatic rings. The lowest BCUT2D eigenvalue weighted by Crippen LogP contribution is -2.50. The van der Waals surface area contributed by atoms with Crippen LogP contribution in [-0.4, -0.2) is 75.2 Å². The fourth-order valence-corrected chi connectivity index (χ4v) is 4.02. The Hall–Kier alpha value is -2.46. The lowest BCUT2D eigenvalue weighted by atomic mass is 10.2. The minimum Gasteiger partial charge on any atom is -0.456 e. The van der Waals surface area contributed by atoms with Crippen LogP contribution in [0.15, 0.2) is 35.2 Å². The lowest BCUT2D eigenvalue weighted by Gasteiger charge is -2.34. The molecular formula is C17H23N3O6S. The van der Waals surface area contributed by atoms with Gasteiger partial charge in [-0.3, -0.25) is 14.4 Å². The summed E-state index contributed by atoms with van der Waals surface area (Å²) in [4.78, 5) is 36.5. The first kappa shape index (κ1) is 20.8. The maximum absolute atomic E-state index is 12.6. The van der Waals surface area contributed by atoms with Crippen molar-refractivity contribution in [3.8, 4) is 0 Å². The van der Waals surface area contributed by atoms with Crippen LogP contribution in [0.25, 0.3) is 0 Å². The van der Waals surface area contributed by atoms with Crippen LogP contribution in [0, 0.1) is 0 Å². The number of hydrogen-bond donors (Lipinski definition) is 1. The number of carbonyl (C=O) groups excluding carboxylic acids is 3. The van der Waals surface area contributed by atoms with Crippen molar-refractivity contribution in [1.29, 1.82) is 0 Å². The Morgan fingerprint density at radius 1 is 1.04 bits per heavy atom. The van der Waals surface area contributed by atoms with Crippen LogP contribution in [0.1, 0.15) is 12.8 Å². The van der Waals surface area contributed by atoms with Gasteiger partial charge in [-0.15, -0.1) is 0 Å². The van der Waals surface area contributed by atoms with E-state index in [1.807, 2.05) is 0 Å². The third-order valence-corrected chi connectivity index (χ3v) is 6.07. The second kappa shape index (κ2) is 9.47. The van der Waals surface area contributed by atoms with Crippen molar-refractivity contribution < 1.29 is 27.5 Å². The minimum absolute atomic E-state index is 0.0436. The Kier molecular flexibility index (Phi) is 7.31. The van der Waals surface area contributed by atoms with E-state index < -0.39 is 21.9 Å². The van der Waals surface area contributed by atoms with E-state index in [0.29, 0.717) is 0 Å².